The second-order valence-corrected chi connectivity index (χ2v) is 7.20. The summed E-state index contributed by atoms with van der Waals surface area (Å²) in [6.45, 7) is 7.17. The van der Waals surface area contributed by atoms with Gasteiger partial charge in [-0.25, -0.2) is 0 Å². The number of nitriles is 1. The summed E-state index contributed by atoms with van der Waals surface area (Å²) in [5.41, 5.74) is 0.716. The Morgan fingerprint density at radius 3 is 2.86 bits per heavy atom. The van der Waals surface area contributed by atoms with E-state index in [1.807, 2.05) is 13.0 Å². The molecule has 1 aromatic heterocycles. The summed E-state index contributed by atoms with van der Waals surface area (Å²) in [5.74, 6) is 0. The smallest absolute Gasteiger partial charge is 0.104 e. The Balaban J connectivity index is 2.00. The lowest BCUT2D eigenvalue weighted by Crippen LogP contribution is -2.43. The fourth-order valence-corrected chi connectivity index (χ4v) is 3.72. The molecule has 3 nitrogen and oxygen atoms in total. The van der Waals surface area contributed by atoms with Gasteiger partial charge in [0.1, 0.15) is 5.54 Å². The third-order valence-corrected chi connectivity index (χ3v) is 4.58. The standard InChI is InChI=1S/C17H23N3S/c1-4-9-19-17(3,12-18)11-13(2)21-16-10-14-7-5-6-8-15(14)20-16/h5-8,10,13,19-20H,4,9,11H2,1-3H3. The third-order valence-electron chi connectivity index (χ3n) is 3.54. The topological polar surface area (TPSA) is 51.6 Å². The van der Waals surface area contributed by atoms with E-state index in [9.17, 15) is 5.26 Å². The first kappa shape index (κ1) is 15.9. The number of hydrogen-bond donors (Lipinski definition) is 2. The van der Waals surface area contributed by atoms with Crippen LogP contribution in [-0.4, -0.2) is 22.3 Å². The number of benzene rings is 1. The Morgan fingerprint density at radius 1 is 1.43 bits per heavy atom. The van der Waals surface area contributed by atoms with Crippen molar-refractivity contribution in [2.75, 3.05) is 6.54 Å². The fraction of sp³-hybridized carbons (Fsp3) is 0.471. The predicted molar refractivity (Wildman–Crippen MR) is 90.5 cm³/mol. The van der Waals surface area contributed by atoms with Crippen LogP contribution in [-0.2, 0) is 0 Å². The average Bonchev–Trinajstić information content (AvgIpc) is 2.87. The molecule has 0 bridgehead atoms. The highest BCUT2D eigenvalue weighted by atomic mass is 32.2. The molecule has 2 rings (SSSR count). The van der Waals surface area contributed by atoms with Gasteiger partial charge in [0.05, 0.1) is 11.1 Å². The van der Waals surface area contributed by atoms with Gasteiger partial charge in [-0.1, -0.05) is 32.0 Å². The number of thioether (sulfide) groups is 1. The minimum absolute atomic E-state index is 0.368. The minimum Gasteiger partial charge on any atom is -0.350 e. The average molecular weight is 301 g/mol. The van der Waals surface area contributed by atoms with Gasteiger partial charge in [0, 0.05) is 16.2 Å². The number of rotatable bonds is 7. The molecule has 0 fully saturated rings. The highest BCUT2D eigenvalue weighted by Gasteiger charge is 2.26. The number of aromatic nitrogens is 1. The van der Waals surface area contributed by atoms with Crippen LogP contribution in [0.4, 0.5) is 0 Å². The van der Waals surface area contributed by atoms with Crippen molar-refractivity contribution in [1.82, 2.24) is 10.3 Å². The summed E-state index contributed by atoms with van der Waals surface area (Å²) in [6.07, 6.45) is 1.87. The minimum atomic E-state index is -0.450. The van der Waals surface area contributed by atoms with E-state index in [0.29, 0.717) is 5.25 Å². The number of fused-ring (bicyclic) bond motifs is 1. The SMILES string of the molecule is CCCNC(C)(C#N)CC(C)Sc1cc2ccccc2[nH]1. The van der Waals surface area contributed by atoms with Crippen LogP contribution >= 0.6 is 11.8 Å². The second-order valence-electron chi connectivity index (χ2n) is 5.72. The van der Waals surface area contributed by atoms with Gasteiger partial charge in [0.2, 0.25) is 0 Å². The van der Waals surface area contributed by atoms with Crippen molar-refractivity contribution in [3.8, 4) is 6.07 Å². The molecular weight excluding hydrogens is 278 g/mol. The maximum Gasteiger partial charge on any atom is 0.104 e. The van der Waals surface area contributed by atoms with Crippen molar-refractivity contribution in [2.45, 2.75) is 49.4 Å². The molecule has 0 spiro atoms. The fourth-order valence-electron chi connectivity index (χ4n) is 2.50. The van der Waals surface area contributed by atoms with E-state index in [2.05, 4.69) is 54.5 Å². The number of hydrogen-bond acceptors (Lipinski definition) is 3. The number of nitrogens with zero attached hydrogens (tertiary/aromatic N) is 1. The van der Waals surface area contributed by atoms with Gasteiger partial charge >= 0.3 is 0 Å². The molecule has 0 aliphatic rings. The van der Waals surface area contributed by atoms with Crippen molar-refractivity contribution in [3.63, 3.8) is 0 Å². The Morgan fingerprint density at radius 2 is 2.19 bits per heavy atom. The molecule has 1 aromatic carbocycles. The molecule has 2 unspecified atom stereocenters. The number of H-pyrrole nitrogens is 1. The van der Waals surface area contributed by atoms with Crippen LogP contribution in [0.5, 0.6) is 0 Å². The lowest BCUT2D eigenvalue weighted by molar-refractivity contribution is 0.418. The molecule has 2 N–H and O–H groups in total. The second kappa shape index (κ2) is 7.02. The first-order chi connectivity index (χ1) is 10.1. The summed E-state index contributed by atoms with van der Waals surface area (Å²) in [5, 5.41) is 15.5. The van der Waals surface area contributed by atoms with Crippen LogP contribution in [0.2, 0.25) is 0 Å². The van der Waals surface area contributed by atoms with Gasteiger partial charge in [-0.05, 0) is 38.4 Å². The lowest BCUT2D eigenvalue weighted by Gasteiger charge is -2.26. The normalized spacial score (nSPS) is 15.5. The molecule has 2 aromatic rings. The molecule has 2 atom stereocenters. The molecule has 0 saturated carbocycles. The van der Waals surface area contributed by atoms with Crippen molar-refractivity contribution in [2.24, 2.45) is 0 Å². The molecular formula is C17H23N3S. The molecule has 0 amide bonds. The van der Waals surface area contributed by atoms with Gasteiger partial charge < -0.3 is 4.98 Å². The number of aromatic amines is 1. The van der Waals surface area contributed by atoms with Crippen molar-refractivity contribution in [1.29, 1.82) is 5.26 Å². The monoisotopic (exact) mass is 301 g/mol. The summed E-state index contributed by atoms with van der Waals surface area (Å²) in [7, 11) is 0. The molecule has 112 valence electrons. The zero-order valence-electron chi connectivity index (χ0n) is 12.9. The third kappa shape index (κ3) is 4.26. The van der Waals surface area contributed by atoms with E-state index in [4.69, 9.17) is 0 Å². The summed E-state index contributed by atoms with van der Waals surface area (Å²) >= 11 is 1.80. The summed E-state index contributed by atoms with van der Waals surface area (Å²) in [6, 6.07) is 12.9. The quantitative estimate of drug-likeness (QED) is 0.749. The first-order valence-electron chi connectivity index (χ1n) is 7.47. The largest absolute Gasteiger partial charge is 0.350 e. The van der Waals surface area contributed by atoms with Crippen LogP contribution < -0.4 is 5.32 Å². The van der Waals surface area contributed by atoms with E-state index in [1.54, 1.807) is 11.8 Å². The summed E-state index contributed by atoms with van der Waals surface area (Å²) in [4.78, 5) is 3.43. The first-order valence-corrected chi connectivity index (χ1v) is 8.35. The molecule has 21 heavy (non-hydrogen) atoms. The molecule has 1 heterocycles. The van der Waals surface area contributed by atoms with Gasteiger partial charge in [0.15, 0.2) is 0 Å². The van der Waals surface area contributed by atoms with Gasteiger partial charge in [-0.15, -0.1) is 11.8 Å². The van der Waals surface area contributed by atoms with Crippen LogP contribution in [0.15, 0.2) is 35.4 Å². The van der Waals surface area contributed by atoms with E-state index in [1.165, 1.54) is 15.9 Å². The van der Waals surface area contributed by atoms with Gasteiger partial charge in [-0.2, -0.15) is 5.26 Å². The van der Waals surface area contributed by atoms with E-state index < -0.39 is 5.54 Å². The Kier molecular flexibility index (Phi) is 5.33. The number of para-hydroxylation sites is 1. The number of nitrogens with one attached hydrogen (secondary N) is 2. The van der Waals surface area contributed by atoms with Crippen LogP contribution in [0.1, 0.15) is 33.6 Å². The maximum absolute atomic E-state index is 9.41. The van der Waals surface area contributed by atoms with E-state index in [-0.39, 0.29) is 0 Å². The zero-order valence-corrected chi connectivity index (χ0v) is 13.8. The van der Waals surface area contributed by atoms with Crippen LogP contribution in [0.25, 0.3) is 10.9 Å². The van der Waals surface area contributed by atoms with Crippen LogP contribution in [0, 0.1) is 11.3 Å². The van der Waals surface area contributed by atoms with Crippen molar-refractivity contribution >= 4 is 22.7 Å². The van der Waals surface area contributed by atoms with Crippen molar-refractivity contribution in [3.05, 3.63) is 30.3 Å². The van der Waals surface area contributed by atoms with E-state index >= 15 is 0 Å². The van der Waals surface area contributed by atoms with Crippen molar-refractivity contribution < 1.29 is 0 Å². The Labute approximate surface area is 131 Å². The highest BCUT2D eigenvalue weighted by molar-refractivity contribution is 7.99. The van der Waals surface area contributed by atoms with Crippen LogP contribution in [0.3, 0.4) is 0 Å². The molecule has 0 aliphatic heterocycles. The highest BCUT2D eigenvalue weighted by Crippen LogP contribution is 2.30. The summed E-state index contributed by atoms with van der Waals surface area (Å²) < 4.78 is 0. The lowest BCUT2D eigenvalue weighted by atomic mass is 9.98. The maximum atomic E-state index is 9.41. The zero-order chi connectivity index (χ0) is 15.3. The van der Waals surface area contributed by atoms with Gasteiger partial charge in [-0.3, -0.25) is 5.32 Å². The Bertz CT molecular complexity index is 595. The molecule has 4 heteroatoms. The Hall–Kier alpha value is -1.44. The molecule has 0 aliphatic carbocycles. The molecule has 0 saturated heterocycles. The van der Waals surface area contributed by atoms with Gasteiger partial charge in [0.25, 0.3) is 0 Å². The predicted octanol–water partition coefficient (Wildman–Crippen LogP) is 4.32. The van der Waals surface area contributed by atoms with E-state index in [0.717, 1.165) is 19.4 Å². The molecule has 0 radical (unpaired) electrons.